The molecule has 2 aromatic rings. The Hall–Kier alpha value is -1.85. The van der Waals surface area contributed by atoms with Gasteiger partial charge in [-0.15, -0.1) is 0 Å². The van der Waals surface area contributed by atoms with Gasteiger partial charge in [0.15, 0.2) is 5.82 Å². The van der Waals surface area contributed by atoms with E-state index in [1.54, 1.807) is 22.9 Å². The number of rotatable bonds is 3. The standard InChI is InChI=1S/C19H19Cl2N3O2/c1-11-8-17(22-23(11)10-12-6-7-13(20)9-16(12)21)24-18(25)14-4-2-3-5-15(14)19(24)26/h6-9,14-15H,2-5,10H2,1H3/t14-,15+. The molecule has 1 aromatic heterocycles. The molecule has 0 spiro atoms. The average molecular weight is 392 g/mol. The Bertz CT molecular complexity index is 869. The highest BCUT2D eigenvalue weighted by atomic mass is 35.5. The number of carbonyl (C=O) groups excluding carboxylic acids is 2. The minimum atomic E-state index is -0.174. The van der Waals surface area contributed by atoms with Gasteiger partial charge >= 0.3 is 0 Å². The quantitative estimate of drug-likeness (QED) is 0.735. The van der Waals surface area contributed by atoms with Crippen LogP contribution in [0, 0.1) is 18.8 Å². The van der Waals surface area contributed by atoms with E-state index in [1.165, 1.54) is 4.90 Å². The number of amides is 2. The second-order valence-corrected chi connectivity index (χ2v) is 7.89. The van der Waals surface area contributed by atoms with Gasteiger partial charge < -0.3 is 0 Å². The van der Waals surface area contributed by atoms with Crippen LogP contribution in [0.15, 0.2) is 24.3 Å². The first kappa shape index (κ1) is 17.6. The highest BCUT2D eigenvalue weighted by molar-refractivity contribution is 6.35. The molecule has 1 aliphatic heterocycles. The fourth-order valence-corrected chi connectivity index (χ4v) is 4.43. The molecule has 0 bridgehead atoms. The summed E-state index contributed by atoms with van der Waals surface area (Å²) >= 11 is 12.2. The van der Waals surface area contributed by atoms with Gasteiger partial charge in [0, 0.05) is 21.8 Å². The number of fused-ring (bicyclic) bond motifs is 1. The SMILES string of the molecule is Cc1cc(N2C(=O)[C@H]3CCCC[C@H]3C2=O)nn1Cc1ccc(Cl)cc1Cl. The number of hydrogen-bond donors (Lipinski definition) is 0. The van der Waals surface area contributed by atoms with Crippen molar-refractivity contribution in [3.05, 3.63) is 45.6 Å². The lowest BCUT2D eigenvalue weighted by Gasteiger charge is -2.19. The number of benzene rings is 1. The van der Waals surface area contributed by atoms with Gasteiger partial charge in [0.1, 0.15) is 0 Å². The zero-order valence-electron chi connectivity index (χ0n) is 14.4. The Morgan fingerprint density at radius 3 is 2.35 bits per heavy atom. The molecule has 4 rings (SSSR count). The molecule has 26 heavy (non-hydrogen) atoms. The number of halogens is 2. The lowest BCUT2D eigenvalue weighted by atomic mass is 9.81. The van der Waals surface area contributed by atoms with Crippen molar-refractivity contribution in [2.75, 3.05) is 4.90 Å². The molecule has 5 nitrogen and oxygen atoms in total. The fraction of sp³-hybridized carbons (Fsp3) is 0.421. The Morgan fingerprint density at radius 1 is 1.08 bits per heavy atom. The first-order chi connectivity index (χ1) is 12.5. The topological polar surface area (TPSA) is 55.2 Å². The van der Waals surface area contributed by atoms with Crippen molar-refractivity contribution in [1.29, 1.82) is 0 Å². The molecule has 2 amide bonds. The molecular weight excluding hydrogens is 373 g/mol. The van der Waals surface area contributed by atoms with Crippen molar-refractivity contribution in [1.82, 2.24) is 9.78 Å². The van der Waals surface area contributed by atoms with Gasteiger partial charge in [-0.3, -0.25) is 14.3 Å². The van der Waals surface area contributed by atoms with Crippen molar-refractivity contribution in [2.45, 2.75) is 39.2 Å². The fourth-order valence-electron chi connectivity index (χ4n) is 3.96. The third-order valence-corrected chi connectivity index (χ3v) is 5.96. The van der Waals surface area contributed by atoms with Crippen LogP contribution in [-0.2, 0) is 16.1 Å². The summed E-state index contributed by atoms with van der Waals surface area (Å²) in [7, 11) is 0. The van der Waals surface area contributed by atoms with Crippen LogP contribution in [-0.4, -0.2) is 21.6 Å². The van der Waals surface area contributed by atoms with Gasteiger partial charge in [-0.1, -0.05) is 42.1 Å². The maximum absolute atomic E-state index is 12.7. The van der Waals surface area contributed by atoms with Gasteiger partial charge in [-0.2, -0.15) is 5.10 Å². The van der Waals surface area contributed by atoms with E-state index in [4.69, 9.17) is 23.2 Å². The number of hydrogen-bond acceptors (Lipinski definition) is 3. The minimum absolute atomic E-state index is 0.103. The monoisotopic (exact) mass is 391 g/mol. The van der Waals surface area contributed by atoms with E-state index in [2.05, 4.69) is 5.10 Å². The minimum Gasteiger partial charge on any atom is -0.274 e. The molecule has 1 saturated carbocycles. The number of anilines is 1. The lowest BCUT2D eigenvalue weighted by Crippen LogP contribution is -2.31. The zero-order valence-corrected chi connectivity index (χ0v) is 15.9. The van der Waals surface area contributed by atoms with Crippen LogP contribution in [0.5, 0.6) is 0 Å². The summed E-state index contributed by atoms with van der Waals surface area (Å²) in [5.41, 5.74) is 1.74. The third kappa shape index (κ3) is 2.93. The van der Waals surface area contributed by atoms with E-state index in [9.17, 15) is 9.59 Å². The molecule has 1 saturated heterocycles. The van der Waals surface area contributed by atoms with E-state index >= 15 is 0 Å². The van der Waals surface area contributed by atoms with Gasteiger partial charge in [0.2, 0.25) is 11.8 Å². The van der Waals surface area contributed by atoms with Crippen LogP contribution in [0.2, 0.25) is 10.0 Å². The van der Waals surface area contributed by atoms with Crippen LogP contribution in [0.3, 0.4) is 0 Å². The van der Waals surface area contributed by atoms with E-state index in [0.717, 1.165) is 36.9 Å². The van der Waals surface area contributed by atoms with Gasteiger partial charge in [0.05, 0.1) is 18.4 Å². The molecule has 2 fully saturated rings. The molecule has 0 unspecified atom stereocenters. The molecule has 0 N–H and O–H groups in total. The second-order valence-electron chi connectivity index (χ2n) is 7.05. The summed E-state index contributed by atoms with van der Waals surface area (Å²) in [6, 6.07) is 7.11. The highest BCUT2D eigenvalue weighted by Crippen LogP contribution is 2.39. The van der Waals surface area contributed by atoms with Crippen LogP contribution in [0.1, 0.15) is 36.9 Å². The lowest BCUT2D eigenvalue weighted by molar-refractivity contribution is -0.122. The van der Waals surface area contributed by atoms with Crippen LogP contribution < -0.4 is 4.90 Å². The van der Waals surface area contributed by atoms with Gasteiger partial charge in [0.25, 0.3) is 0 Å². The molecule has 7 heteroatoms. The molecule has 2 aliphatic rings. The average Bonchev–Trinajstić information content (AvgIpc) is 3.09. The maximum atomic E-state index is 12.7. The smallest absolute Gasteiger partial charge is 0.238 e. The number of aryl methyl sites for hydroxylation is 1. The zero-order chi connectivity index (χ0) is 18.4. The Morgan fingerprint density at radius 2 is 1.73 bits per heavy atom. The normalized spacial score (nSPS) is 22.8. The Balaban J connectivity index is 1.62. The predicted octanol–water partition coefficient (Wildman–Crippen LogP) is 4.23. The Kier molecular flexibility index (Phi) is 4.53. The summed E-state index contributed by atoms with van der Waals surface area (Å²) in [5.74, 6) is -0.139. The van der Waals surface area contributed by atoms with Crippen LogP contribution >= 0.6 is 23.2 Å². The van der Waals surface area contributed by atoms with Crippen LogP contribution in [0.4, 0.5) is 5.82 Å². The van der Waals surface area contributed by atoms with E-state index < -0.39 is 0 Å². The summed E-state index contributed by atoms with van der Waals surface area (Å²) in [5, 5.41) is 5.66. The number of carbonyl (C=O) groups is 2. The molecule has 1 aromatic carbocycles. The highest BCUT2D eigenvalue weighted by Gasteiger charge is 2.49. The van der Waals surface area contributed by atoms with Gasteiger partial charge in [-0.05, 0) is 37.5 Å². The first-order valence-electron chi connectivity index (χ1n) is 8.82. The maximum Gasteiger partial charge on any atom is 0.238 e. The van der Waals surface area contributed by atoms with Crippen molar-refractivity contribution >= 4 is 40.8 Å². The van der Waals surface area contributed by atoms with Gasteiger partial charge in [-0.25, -0.2) is 4.90 Å². The Labute approximate surface area is 161 Å². The van der Waals surface area contributed by atoms with E-state index in [-0.39, 0.29) is 23.7 Å². The van der Waals surface area contributed by atoms with Crippen molar-refractivity contribution in [3.8, 4) is 0 Å². The third-order valence-electron chi connectivity index (χ3n) is 5.37. The molecular formula is C19H19Cl2N3O2. The summed E-state index contributed by atoms with van der Waals surface area (Å²) in [4.78, 5) is 26.8. The largest absolute Gasteiger partial charge is 0.274 e. The molecule has 1 aliphatic carbocycles. The molecule has 2 atom stereocenters. The second kappa shape index (κ2) is 6.71. The summed E-state index contributed by atoms with van der Waals surface area (Å²) in [6.45, 7) is 2.35. The summed E-state index contributed by atoms with van der Waals surface area (Å²) in [6.07, 6.45) is 3.62. The number of aromatic nitrogens is 2. The van der Waals surface area contributed by atoms with Crippen molar-refractivity contribution in [2.24, 2.45) is 11.8 Å². The summed E-state index contributed by atoms with van der Waals surface area (Å²) < 4.78 is 1.76. The first-order valence-corrected chi connectivity index (χ1v) is 9.57. The van der Waals surface area contributed by atoms with Crippen molar-refractivity contribution < 1.29 is 9.59 Å². The van der Waals surface area contributed by atoms with E-state index in [1.807, 2.05) is 13.0 Å². The number of nitrogens with zero attached hydrogens (tertiary/aromatic N) is 3. The van der Waals surface area contributed by atoms with E-state index in [0.29, 0.717) is 22.4 Å². The molecule has 0 radical (unpaired) electrons. The van der Waals surface area contributed by atoms with Crippen molar-refractivity contribution in [3.63, 3.8) is 0 Å². The molecule has 2 heterocycles. The van der Waals surface area contributed by atoms with Crippen LogP contribution in [0.25, 0.3) is 0 Å². The molecule has 136 valence electrons. The number of imide groups is 1. The predicted molar refractivity (Wildman–Crippen MR) is 100 cm³/mol.